The number of hydrogen-bond acceptors (Lipinski definition) is 4. The molecule has 0 unspecified atom stereocenters. The highest BCUT2D eigenvalue weighted by Gasteiger charge is 2.65. The Morgan fingerprint density at radius 2 is 1.88 bits per heavy atom. The number of amides is 1. The van der Waals surface area contributed by atoms with Gasteiger partial charge in [-0.3, -0.25) is 14.4 Å². The highest BCUT2D eigenvalue weighted by Crippen LogP contribution is 2.58. The van der Waals surface area contributed by atoms with E-state index < -0.39 is 29.2 Å². The predicted octanol–water partition coefficient (Wildman–Crippen LogP) is 0.0225. The number of methoxy groups -OCH3 is 1. The zero-order valence-electron chi connectivity index (χ0n) is 10.1. The van der Waals surface area contributed by atoms with Crippen molar-refractivity contribution in [3.63, 3.8) is 0 Å². The van der Waals surface area contributed by atoms with Gasteiger partial charge in [-0.1, -0.05) is 13.8 Å². The van der Waals surface area contributed by atoms with E-state index in [0.29, 0.717) is 0 Å². The van der Waals surface area contributed by atoms with E-state index in [1.165, 1.54) is 7.11 Å². The Morgan fingerprint density at radius 3 is 2.29 bits per heavy atom. The van der Waals surface area contributed by atoms with Crippen molar-refractivity contribution in [3.05, 3.63) is 0 Å². The molecule has 0 aliphatic heterocycles. The minimum Gasteiger partial charge on any atom is -0.481 e. The Balaban J connectivity index is 2.40. The molecule has 0 aromatic carbocycles. The second-order valence-electron chi connectivity index (χ2n) is 4.73. The number of carbonyl (C=O) groups excluding carboxylic acids is 2. The Labute approximate surface area is 99.3 Å². The van der Waals surface area contributed by atoms with Crippen LogP contribution in [0.5, 0.6) is 0 Å². The van der Waals surface area contributed by atoms with Crippen LogP contribution in [0.1, 0.15) is 20.3 Å². The number of aliphatic carboxylic acids is 1. The van der Waals surface area contributed by atoms with E-state index in [2.05, 4.69) is 10.1 Å². The minimum atomic E-state index is -0.955. The topological polar surface area (TPSA) is 92.7 Å². The summed E-state index contributed by atoms with van der Waals surface area (Å²) in [5.41, 5.74) is -0.513. The third-order valence-corrected chi connectivity index (χ3v) is 3.23. The van der Waals surface area contributed by atoms with Gasteiger partial charge in [-0.25, -0.2) is 0 Å². The van der Waals surface area contributed by atoms with Gasteiger partial charge in [0, 0.05) is 6.54 Å². The van der Waals surface area contributed by atoms with Crippen LogP contribution in [0.2, 0.25) is 0 Å². The molecular weight excluding hydrogens is 226 g/mol. The largest absolute Gasteiger partial charge is 0.481 e. The summed E-state index contributed by atoms with van der Waals surface area (Å²) in [7, 11) is 1.27. The molecule has 2 N–H and O–H groups in total. The first-order valence-electron chi connectivity index (χ1n) is 5.39. The van der Waals surface area contributed by atoms with E-state index in [1.54, 1.807) is 13.8 Å². The lowest BCUT2D eigenvalue weighted by Gasteiger charge is -2.04. The quantitative estimate of drug-likeness (QED) is 0.664. The van der Waals surface area contributed by atoms with Gasteiger partial charge in [0.05, 0.1) is 25.4 Å². The van der Waals surface area contributed by atoms with E-state index >= 15 is 0 Å². The lowest BCUT2D eigenvalue weighted by atomic mass is 10.1. The first-order chi connectivity index (χ1) is 7.82. The Bertz CT molecular complexity index is 350. The molecule has 6 heteroatoms. The van der Waals surface area contributed by atoms with Crippen molar-refractivity contribution >= 4 is 17.8 Å². The lowest BCUT2D eigenvalue weighted by molar-refractivity contribution is -0.142. The van der Waals surface area contributed by atoms with Crippen LogP contribution in [0.3, 0.4) is 0 Å². The Morgan fingerprint density at radius 1 is 1.29 bits per heavy atom. The number of hydrogen-bond donors (Lipinski definition) is 2. The fourth-order valence-electron chi connectivity index (χ4n) is 2.09. The maximum atomic E-state index is 11.7. The highest BCUT2D eigenvalue weighted by atomic mass is 16.5. The summed E-state index contributed by atoms with van der Waals surface area (Å²) in [6, 6.07) is 0. The first kappa shape index (κ1) is 13.5. The summed E-state index contributed by atoms with van der Waals surface area (Å²) in [6.07, 6.45) is 0.0904. The van der Waals surface area contributed by atoms with Crippen molar-refractivity contribution in [2.24, 2.45) is 17.3 Å². The van der Waals surface area contributed by atoms with Crippen molar-refractivity contribution in [1.29, 1.82) is 0 Å². The van der Waals surface area contributed by atoms with Gasteiger partial charge in [-0.05, 0) is 5.41 Å². The number of rotatable bonds is 5. The summed E-state index contributed by atoms with van der Waals surface area (Å²) in [6.45, 7) is 3.66. The molecule has 0 aromatic rings. The Kier molecular flexibility index (Phi) is 3.75. The van der Waals surface area contributed by atoms with Crippen LogP contribution in [-0.2, 0) is 19.1 Å². The van der Waals surface area contributed by atoms with Crippen molar-refractivity contribution < 1.29 is 24.2 Å². The second kappa shape index (κ2) is 4.73. The van der Waals surface area contributed by atoms with Crippen LogP contribution in [0.25, 0.3) is 0 Å². The van der Waals surface area contributed by atoms with E-state index in [4.69, 9.17) is 5.11 Å². The first-order valence-corrected chi connectivity index (χ1v) is 5.39. The molecule has 6 nitrogen and oxygen atoms in total. The van der Waals surface area contributed by atoms with Gasteiger partial charge < -0.3 is 15.2 Å². The van der Waals surface area contributed by atoms with Gasteiger partial charge in [0.15, 0.2) is 0 Å². The maximum absolute atomic E-state index is 11.7. The zero-order valence-corrected chi connectivity index (χ0v) is 10.1. The standard InChI is InChI=1S/C11H17NO5/c1-11(2)7(8(11)10(15)16)9(14)12-5-4-6(13)17-3/h7-8H,4-5H2,1-3H3,(H,12,14)(H,15,16)/t7-,8+/m1/s1. The van der Waals surface area contributed by atoms with Crippen LogP contribution in [0.15, 0.2) is 0 Å². The Hall–Kier alpha value is -1.59. The highest BCUT2D eigenvalue weighted by molar-refractivity contribution is 5.91. The molecule has 96 valence electrons. The van der Waals surface area contributed by atoms with Crippen molar-refractivity contribution in [3.8, 4) is 0 Å². The third-order valence-electron chi connectivity index (χ3n) is 3.23. The molecule has 2 atom stereocenters. The summed E-state index contributed by atoms with van der Waals surface area (Å²) in [5, 5.41) is 11.5. The summed E-state index contributed by atoms with van der Waals surface area (Å²) in [4.78, 5) is 33.4. The molecule has 0 saturated heterocycles. The van der Waals surface area contributed by atoms with Crippen LogP contribution >= 0.6 is 0 Å². The van der Waals surface area contributed by atoms with Crippen molar-refractivity contribution in [1.82, 2.24) is 5.32 Å². The monoisotopic (exact) mass is 243 g/mol. The van der Waals surface area contributed by atoms with Gasteiger partial charge in [0.25, 0.3) is 0 Å². The molecule has 17 heavy (non-hydrogen) atoms. The molecule has 1 saturated carbocycles. The average Bonchev–Trinajstić information content (AvgIpc) is 2.81. The van der Waals surface area contributed by atoms with Gasteiger partial charge in [-0.15, -0.1) is 0 Å². The van der Waals surface area contributed by atoms with Gasteiger partial charge in [0.1, 0.15) is 0 Å². The third kappa shape index (κ3) is 2.75. The molecule has 1 fully saturated rings. The van der Waals surface area contributed by atoms with Gasteiger partial charge in [-0.2, -0.15) is 0 Å². The number of carboxylic acids is 1. The van der Waals surface area contributed by atoms with Crippen molar-refractivity contribution in [2.75, 3.05) is 13.7 Å². The summed E-state index contributed by atoms with van der Waals surface area (Å²) in [5.74, 6) is -2.83. The van der Waals surface area contributed by atoms with Crippen LogP contribution in [-0.4, -0.2) is 36.6 Å². The molecule has 1 aliphatic rings. The van der Waals surface area contributed by atoms with E-state index in [0.717, 1.165) is 0 Å². The SMILES string of the molecule is COC(=O)CCNC(=O)[C@H]1[C@@H](C(=O)O)C1(C)C. The normalized spacial score (nSPS) is 24.9. The lowest BCUT2D eigenvalue weighted by Crippen LogP contribution is -2.29. The van der Waals surface area contributed by atoms with Gasteiger partial charge >= 0.3 is 11.9 Å². The maximum Gasteiger partial charge on any atom is 0.307 e. The number of nitrogens with one attached hydrogen (secondary N) is 1. The number of carboxylic acid groups (broad SMARTS) is 1. The molecule has 1 rings (SSSR count). The molecule has 1 amide bonds. The molecular formula is C11H17NO5. The molecule has 0 aromatic heterocycles. The van der Waals surface area contributed by atoms with Crippen LogP contribution in [0, 0.1) is 17.3 Å². The molecule has 1 aliphatic carbocycles. The van der Waals surface area contributed by atoms with Crippen LogP contribution < -0.4 is 5.32 Å². The summed E-state index contributed by atoms with van der Waals surface area (Å²) >= 11 is 0. The number of ether oxygens (including phenoxy) is 1. The van der Waals surface area contributed by atoms with E-state index in [1.807, 2.05) is 0 Å². The molecule has 0 spiro atoms. The number of carbonyl (C=O) groups is 3. The van der Waals surface area contributed by atoms with E-state index in [-0.39, 0.29) is 18.9 Å². The van der Waals surface area contributed by atoms with Gasteiger partial charge in [0.2, 0.25) is 5.91 Å². The minimum absolute atomic E-state index is 0.0904. The zero-order chi connectivity index (χ0) is 13.2. The van der Waals surface area contributed by atoms with Crippen LogP contribution in [0.4, 0.5) is 0 Å². The molecule has 0 bridgehead atoms. The number of esters is 1. The smallest absolute Gasteiger partial charge is 0.307 e. The van der Waals surface area contributed by atoms with E-state index in [9.17, 15) is 14.4 Å². The fraction of sp³-hybridized carbons (Fsp3) is 0.727. The predicted molar refractivity (Wildman–Crippen MR) is 58.0 cm³/mol. The molecule has 0 radical (unpaired) electrons. The van der Waals surface area contributed by atoms with Crippen molar-refractivity contribution in [2.45, 2.75) is 20.3 Å². The average molecular weight is 243 g/mol. The summed E-state index contributed by atoms with van der Waals surface area (Å²) < 4.78 is 4.42. The second-order valence-corrected chi connectivity index (χ2v) is 4.73. The molecule has 0 heterocycles. The fourth-order valence-corrected chi connectivity index (χ4v) is 2.09.